The Morgan fingerprint density at radius 1 is 1.04 bits per heavy atom. The molecule has 1 saturated heterocycles. The molecule has 3 rings (SSSR count). The predicted octanol–water partition coefficient (Wildman–Crippen LogP) is 2.56. The first-order valence-corrected chi connectivity index (χ1v) is 9.76. The van der Waals surface area contributed by atoms with Crippen LogP contribution in [0.3, 0.4) is 0 Å². The minimum atomic E-state index is -0.436. The second-order valence-corrected chi connectivity index (χ2v) is 7.21. The number of nitrogens with two attached hydrogens (primary N) is 1. The average Bonchev–Trinajstić information content (AvgIpc) is 2.95. The number of carbonyl (C=O) groups excluding carboxylic acids is 2. The van der Waals surface area contributed by atoms with Crippen molar-refractivity contribution in [2.45, 2.75) is 19.8 Å². The van der Waals surface area contributed by atoms with Crippen LogP contribution in [0.1, 0.15) is 27.9 Å². The fourth-order valence-electron chi connectivity index (χ4n) is 3.44. The molecule has 0 aromatic heterocycles. The molecular weight excluding hydrogens is 352 g/mol. The van der Waals surface area contributed by atoms with E-state index < -0.39 is 5.91 Å². The zero-order valence-electron chi connectivity index (χ0n) is 16.4. The standard InChI is InChI=1S/C22H28N4O2/c1-17-6-8-20(9-7-17)25-12-3-13-26(15-14-25)22(28)24-11-10-18-4-2-5-19(16-18)21(23)27/h2,4-9,16H,3,10-15H2,1H3,(H2,23,27)(H,24,28). The lowest BCUT2D eigenvalue weighted by Gasteiger charge is -2.24. The Balaban J connectivity index is 1.48. The Labute approximate surface area is 166 Å². The molecule has 0 saturated carbocycles. The molecule has 2 aromatic carbocycles. The van der Waals surface area contributed by atoms with Crippen LogP contribution in [0.4, 0.5) is 10.5 Å². The molecule has 0 unspecified atom stereocenters. The Hall–Kier alpha value is -3.02. The zero-order chi connectivity index (χ0) is 19.9. The highest BCUT2D eigenvalue weighted by molar-refractivity contribution is 5.92. The van der Waals surface area contributed by atoms with E-state index in [2.05, 4.69) is 41.4 Å². The number of hydrogen-bond acceptors (Lipinski definition) is 3. The van der Waals surface area contributed by atoms with Gasteiger partial charge in [-0.05, 0) is 49.6 Å². The molecule has 0 bridgehead atoms. The third kappa shape index (κ3) is 5.25. The highest BCUT2D eigenvalue weighted by Crippen LogP contribution is 2.17. The second kappa shape index (κ2) is 9.26. The van der Waals surface area contributed by atoms with Gasteiger partial charge in [-0.2, -0.15) is 0 Å². The Morgan fingerprint density at radius 3 is 2.57 bits per heavy atom. The Bertz CT molecular complexity index is 820. The first-order chi connectivity index (χ1) is 13.5. The molecular formula is C22H28N4O2. The van der Waals surface area contributed by atoms with E-state index in [0.29, 0.717) is 25.1 Å². The Morgan fingerprint density at radius 2 is 1.82 bits per heavy atom. The number of aryl methyl sites for hydroxylation is 1. The summed E-state index contributed by atoms with van der Waals surface area (Å²) in [5.74, 6) is -0.436. The number of nitrogens with zero attached hydrogens (tertiary/aromatic N) is 2. The van der Waals surface area contributed by atoms with E-state index in [9.17, 15) is 9.59 Å². The average molecular weight is 380 g/mol. The van der Waals surface area contributed by atoms with E-state index >= 15 is 0 Å². The van der Waals surface area contributed by atoms with Crippen molar-refractivity contribution in [2.75, 3.05) is 37.6 Å². The summed E-state index contributed by atoms with van der Waals surface area (Å²) in [5.41, 5.74) is 9.25. The van der Waals surface area contributed by atoms with E-state index in [1.165, 1.54) is 11.3 Å². The molecule has 0 spiro atoms. The van der Waals surface area contributed by atoms with Crippen molar-refractivity contribution in [1.82, 2.24) is 10.2 Å². The van der Waals surface area contributed by atoms with Crippen LogP contribution in [0.25, 0.3) is 0 Å². The van der Waals surface area contributed by atoms with Gasteiger partial charge in [-0.25, -0.2) is 4.79 Å². The number of benzene rings is 2. The summed E-state index contributed by atoms with van der Waals surface area (Å²) in [6, 6.07) is 15.7. The number of urea groups is 1. The smallest absolute Gasteiger partial charge is 0.317 e. The monoisotopic (exact) mass is 380 g/mol. The van der Waals surface area contributed by atoms with Crippen molar-refractivity contribution < 1.29 is 9.59 Å². The molecule has 1 fully saturated rings. The van der Waals surface area contributed by atoms with Gasteiger partial charge < -0.3 is 20.9 Å². The van der Waals surface area contributed by atoms with Crippen molar-refractivity contribution in [1.29, 1.82) is 0 Å². The molecule has 1 aliphatic rings. The van der Waals surface area contributed by atoms with Gasteiger partial charge in [0.15, 0.2) is 0 Å². The van der Waals surface area contributed by atoms with Crippen LogP contribution >= 0.6 is 0 Å². The lowest BCUT2D eigenvalue weighted by Crippen LogP contribution is -2.42. The molecule has 1 heterocycles. The van der Waals surface area contributed by atoms with Gasteiger partial charge in [-0.1, -0.05) is 29.8 Å². The van der Waals surface area contributed by atoms with E-state index in [1.807, 2.05) is 17.0 Å². The molecule has 6 heteroatoms. The molecule has 28 heavy (non-hydrogen) atoms. The maximum absolute atomic E-state index is 12.5. The number of hydrogen-bond donors (Lipinski definition) is 2. The quantitative estimate of drug-likeness (QED) is 0.837. The number of rotatable bonds is 5. The minimum Gasteiger partial charge on any atom is -0.370 e. The minimum absolute atomic E-state index is 0.0307. The summed E-state index contributed by atoms with van der Waals surface area (Å²) in [4.78, 5) is 28.0. The van der Waals surface area contributed by atoms with Gasteiger partial charge in [0.25, 0.3) is 0 Å². The number of anilines is 1. The van der Waals surface area contributed by atoms with Gasteiger partial charge in [0.2, 0.25) is 5.91 Å². The summed E-state index contributed by atoms with van der Waals surface area (Å²) in [6.45, 7) is 5.85. The number of nitrogens with one attached hydrogen (secondary N) is 1. The lowest BCUT2D eigenvalue weighted by molar-refractivity contribution is 0.1000. The van der Waals surface area contributed by atoms with Crippen molar-refractivity contribution in [3.8, 4) is 0 Å². The third-order valence-electron chi connectivity index (χ3n) is 5.08. The molecule has 0 atom stereocenters. The predicted molar refractivity (Wildman–Crippen MR) is 112 cm³/mol. The van der Waals surface area contributed by atoms with Crippen LogP contribution in [0.5, 0.6) is 0 Å². The fourth-order valence-corrected chi connectivity index (χ4v) is 3.44. The van der Waals surface area contributed by atoms with Gasteiger partial charge in [-0.3, -0.25) is 4.79 Å². The number of carbonyl (C=O) groups is 2. The summed E-state index contributed by atoms with van der Waals surface area (Å²) in [7, 11) is 0. The van der Waals surface area contributed by atoms with Crippen LogP contribution in [0.15, 0.2) is 48.5 Å². The van der Waals surface area contributed by atoms with Gasteiger partial charge in [0, 0.05) is 44.0 Å². The van der Waals surface area contributed by atoms with Crippen LogP contribution in [0.2, 0.25) is 0 Å². The van der Waals surface area contributed by atoms with Crippen LogP contribution in [-0.2, 0) is 6.42 Å². The molecule has 0 radical (unpaired) electrons. The zero-order valence-corrected chi connectivity index (χ0v) is 16.4. The Kier molecular flexibility index (Phi) is 6.53. The summed E-state index contributed by atoms with van der Waals surface area (Å²) in [6.07, 6.45) is 1.61. The van der Waals surface area contributed by atoms with Gasteiger partial charge in [0.1, 0.15) is 0 Å². The summed E-state index contributed by atoms with van der Waals surface area (Å²) >= 11 is 0. The SMILES string of the molecule is Cc1ccc(N2CCCN(C(=O)NCCc3cccc(C(N)=O)c3)CC2)cc1. The fraction of sp³-hybridized carbons (Fsp3) is 0.364. The van der Waals surface area contributed by atoms with Crippen molar-refractivity contribution >= 4 is 17.6 Å². The molecule has 0 aliphatic carbocycles. The summed E-state index contributed by atoms with van der Waals surface area (Å²) < 4.78 is 0. The van der Waals surface area contributed by atoms with E-state index in [-0.39, 0.29) is 6.03 Å². The van der Waals surface area contributed by atoms with E-state index in [1.54, 1.807) is 12.1 Å². The highest BCUT2D eigenvalue weighted by Gasteiger charge is 2.19. The van der Waals surface area contributed by atoms with E-state index in [0.717, 1.165) is 31.6 Å². The van der Waals surface area contributed by atoms with Crippen LogP contribution in [-0.4, -0.2) is 49.6 Å². The maximum atomic E-state index is 12.5. The number of amides is 3. The van der Waals surface area contributed by atoms with Crippen molar-refractivity contribution in [3.05, 3.63) is 65.2 Å². The van der Waals surface area contributed by atoms with Crippen LogP contribution < -0.4 is 16.0 Å². The van der Waals surface area contributed by atoms with Crippen molar-refractivity contribution in [2.24, 2.45) is 5.73 Å². The summed E-state index contributed by atoms with van der Waals surface area (Å²) in [5, 5.41) is 2.99. The van der Waals surface area contributed by atoms with Gasteiger partial charge >= 0.3 is 6.03 Å². The van der Waals surface area contributed by atoms with Crippen molar-refractivity contribution in [3.63, 3.8) is 0 Å². The molecule has 1 aliphatic heterocycles. The maximum Gasteiger partial charge on any atom is 0.317 e. The normalized spacial score (nSPS) is 14.5. The molecule has 148 valence electrons. The highest BCUT2D eigenvalue weighted by atomic mass is 16.2. The molecule has 6 nitrogen and oxygen atoms in total. The molecule has 2 aromatic rings. The first kappa shape index (κ1) is 19.7. The van der Waals surface area contributed by atoms with Gasteiger partial charge in [0.05, 0.1) is 0 Å². The molecule has 3 amide bonds. The first-order valence-electron chi connectivity index (χ1n) is 9.76. The largest absolute Gasteiger partial charge is 0.370 e. The van der Waals surface area contributed by atoms with E-state index in [4.69, 9.17) is 5.73 Å². The lowest BCUT2D eigenvalue weighted by atomic mass is 10.1. The van der Waals surface area contributed by atoms with Gasteiger partial charge in [-0.15, -0.1) is 0 Å². The van der Waals surface area contributed by atoms with Crippen LogP contribution in [0, 0.1) is 6.92 Å². The second-order valence-electron chi connectivity index (χ2n) is 7.21. The molecule has 3 N–H and O–H groups in total. The number of primary amides is 1. The topological polar surface area (TPSA) is 78.7 Å². The third-order valence-corrected chi connectivity index (χ3v) is 5.08.